The molecule has 0 aromatic rings. The van der Waals surface area contributed by atoms with Crippen molar-refractivity contribution in [1.29, 1.82) is 0 Å². The molecule has 112 valence electrons. The Hall–Kier alpha value is 0.264. The summed E-state index contributed by atoms with van der Waals surface area (Å²) in [5.41, 5.74) is 0. The van der Waals surface area contributed by atoms with Crippen LogP contribution in [-0.2, 0) is 0 Å². The van der Waals surface area contributed by atoms with Crippen LogP contribution in [0.2, 0.25) is 39.3 Å². The number of hydrogen-bond acceptors (Lipinski definition) is 1. The summed E-state index contributed by atoms with van der Waals surface area (Å²) in [4.78, 5) is 0. The Morgan fingerprint density at radius 3 is 1.26 bits per heavy atom. The second kappa shape index (κ2) is 8.53. The molecule has 0 saturated carbocycles. The third-order valence-corrected chi connectivity index (χ3v) is 11.4. The van der Waals surface area contributed by atoms with Gasteiger partial charge in [-0.3, -0.25) is 0 Å². The van der Waals surface area contributed by atoms with Crippen LogP contribution in [0.3, 0.4) is 0 Å². The number of rotatable bonds is 8. The normalized spacial score (nSPS) is 14.9. The van der Waals surface area contributed by atoms with Gasteiger partial charge < -0.3 is 0 Å². The second-order valence-electron chi connectivity index (χ2n) is 7.32. The average molecular weight is 315 g/mol. The van der Waals surface area contributed by atoms with E-state index in [1.807, 2.05) is 0 Å². The number of thioether (sulfide) groups is 1. The maximum atomic E-state index is 2.52. The van der Waals surface area contributed by atoms with E-state index in [0.717, 1.165) is 0 Å². The predicted molar refractivity (Wildman–Crippen MR) is 100 cm³/mol. The molecule has 0 aromatic heterocycles. The second-order valence-corrected chi connectivity index (χ2v) is 19.2. The summed E-state index contributed by atoms with van der Waals surface area (Å²) in [6.07, 6.45) is 10.0. The van der Waals surface area contributed by atoms with Crippen molar-refractivity contribution in [2.24, 2.45) is 0 Å². The van der Waals surface area contributed by atoms with Crippen LogP contribution in [0.4, 0.5) is 0 Å². The highest BCUT2D eigenvalue weighted by molar-refractivity contribution is 8.10. The molecule has 0 atom stereocenters. The molecule has 0 spiro atoms. The molecule has 0 aromatic carbocycles. The predicted octanol–water partition coefficient (Wildman–Crippen LogP) is 6.84. The van der Waals surface area contributed by atoms with Gasteiger partial charge in [-0.1, -0.05) is 78.1 Å². The van der Waals surface area contributed by atoms with Crippen molar-refractivity contribution < 1.29 is 0 Å². The van der Waals surface area contributed by atoms with E-state index in [1.165, 1.54) is 25.7 Å². The van der Waals surface area contributed by atoms with Crippen molar-refractivity contribution >= 4 is 27.9 Å². The number of allylic oxidation sites excluding steroid dienone is 2. The van der Waals surface area contributed by atoms with E-state index in [9.17, 15) is 0 Å². The molecule has 0 bridgehead atoms. The third kappa shape index (κ3) is 8.21. The Bertz CT molecular complexity index is 285. The van der Waals surface area contributed by atoms with Crippen LogP contribution >= 0.6 is 11.8 Å². The van der Waals surface area contributed by atoms with Gasteiger partial charge in [0.05, 0.1) is 16.1 Å². The van der Waals surface area contributed by atoms with Gasteiger partial charge in [-0.2, -0.15) is 0 Å². The van der Waals surface area contributed by atoms with E-state index in [4.69, 9.17) is 0 Å². The van der Waals surface area contributed by atoms with Crippen LogP contribution < -0.4 is 0 Å². The molecular formula is C16H34SSi2. The first-order chi connectivity index (χ1) is 8.62. The topological polar surface area (TPSA) is 0 Å². The lowest BCUT2D eigenvalue weighted by Gasteiger charge is -2.27. The van der Waals surface area contributed by atoms with Gasteiger partial charge in [0.2, 0.25) is 0 Å². The molecule has 0 saturated heterocycles. The molecular weight excluding hydrogens is 280 g/mol. The zero-order valence-electron chi connectivity index (χ0n) is 14.4. The minimum absolute atomic E-state index is 1.20. The average Bonchev–Trinajstić information content (AvgIpc) is 2.24. The van der Waals surface area contributed by atoms with Crippen LogP contribution in [0, 0.1) is 0 Å². The largest absolute Gasteiger partial charge is 0.109 e. The summed E-state index contributed by atoms with van der Waals surface area (Å²) < 4.78 is 3.39. The number of hydrogen-bond donors (Lipinski definition) is 0. The van der Waals surface area contributed by atoms with Gasteiger partial charge in [0, 0.05) is 0 Å². The summed E-state index contributed by atoms with van der Waals surface area (Å²) in [6, 6.07) is 0. The van der Waals surface area contributed by atoms with E-state index in [1.54, 1.807) is 9.06 Å². The molecule has 0 fully saturated rings. The van der Waals surface area contributed by atoms with Crippen molar-refractivity contribution in [3.05, 3.63) is 21.2 Å². The highest BCUT2D eigenvalue weighted by Crippen LogP contribution is 2.38. The summed E-state index contributed by atoms with van der Waals surface area (Å²) in [5, 5.41) is 0. The summed E-state index contributed by atoms with van der Waals surface area (Å²) in [5.74, 6) is 0. The summed E-state index contributed by atoms with van der Waals surface area (Å²) >= 11 is 2.13. The van der Waals surface area contributed by atoms with Crippen LogP contribution in [0.5, 0.6) is 0 Å². The Kier molecular flexibility index (Phi) is 8.65. The number of unbranched alkanes of at least 4 members (excludes halogenated alkanes) is 2. The first-order valence-electron chi connectivity index (χ1n) is 7.72. The Labute approximate surface area is 128 Å². The highest BCUT2D eigenvalue weighted by atomic mass is 32.2. The van der Waals surface area contributed by atoms with Crippen molar-refractivity contribution in [3.8, 4) is 0 Å². The minimum Gasteiger partial charge on any atom is -0.109 e. The Morgan fingerprint density at radius 1 is 0.737 bits per heavy atom. The van der Waals surface area contributed by atoms with Gasteiger partial charge in [-0.05, 0) is 21.9 Å². The molecule has 19 heavy (non-hydrogen) atoms. The van der Waals surface area contributed by atoms with Crippen LogP contribution in [-0.4, -0.2) is 16.1 Å². The summed E-state index contributed by atoms with van der Waals surface area (Å²) in [7, 11) is -2.40. The standard InChI is InChI=1S/C16H34SSi2/c1-9-11-13-15(18(3,4)5)17-16(14-12-10-2)19(6,7)8/h13-14H,9-12H2,1-8H3/b15-13-,16-14-. The minimum atomic E-state index is -1.20. The van der Waals surface area contributed by atoms with Crippen molar-refractivity contribution in [3.63, 3.8) is 0 Å². The van der Waals surface area contributed by atoms with Gasteiger partial charge in [-0.25, -0.2) is 0 Å². The molecule has 0 N–H and O–H groups in total. The van der Waals surface area contributed by atoms with Gasteiger partial charge >= 0.3 is 0 Å². The Balaban J connectivity index is 5.17. The molecule has 0 unspecified atom stereocenters. The van der Waals surface area contributed by atoms with E-state index < -0.39 is 16.1 Å². The molecule has 0 aliphatic heterocycles. The van der Waals surface area contributed by atoms with Crippen LogP contribution in [0.15, 0.2) is 21.2 Å². The van der Waals surface area contributed by atoms with Crippen LogP contribution in [0.25, 0.3) is 0 Å². The molecule has 0 radical (unpaired) electrons. The lowest BCUT2D eigenvalue weighted by molar-refractivity contribution is 0.957. The fourth-order valence-corrected chi connectivity index (χ4v) is 7.24. The lowest BCUT2D eigenvalue weighted by Crippen LogP contribution is -2.27. The highest BCUT2D eigenvalue weighted by Gasteiger charge is 2.26. The molecule has 3 heteroatoms. The van der Waals surface area contributed by atoms with E-state index in [-0.39, 0.29) is 0 Å². The van der Waals surface area contributed by atoms with E-state index >= 15 is 0 Å². The molecule has 0 amide bonds. The smallest absolute Gasteiger partial charge is 0.0857 e. The van der Waals surface area contributed by atoms with Crippen molar-refractivity contribution in [2.75, 3.05) is 0 Å². The van der Waals surface area contributed by atoms with Crippen molar-refractivity contribution in [2.45, 2.75) is 78.8 Å². The van der Waals surface area contributed by atoms with Crippen LogP contribution in [0.1, 0.15) is 39.5 Å². The van der Waals surface area contributed by atoms with E-state index in [2.05, 4.69) is 77.0 Å². The van der Waals surface area contributed by atoms with Gasteiger partial charge in [-0.15, -0.1) is 11.8 Å². The molecule has 0 aliphatic rings. The quantitative estimate of drug-likeness (QED) is 0.442. The maximum Gasteiger partial charge on any atom is 0.0857 e. The zero-order chi connectivity index (χ0) is 15.1. The molecule has 0 nitrogen and oxygen atoms in total. The molecule has 0 aliphatic carbocycles. The molecule has 0 rings (SSSR count). The first-order valence-corrected chi connectivity index (χ1v) is 15.5. The fraction of sp³-hybridized carbons (Fsp3) is 0.750. The van der Waals surface area contributed by atoms with E-state index in [0.29, 0.717) is 0 Å². The maximum absolute atomic E-state index is 2.52. The van der Waals surface area contributed by atoms with Gasteiger partial charge in [0.15, 0.2) is 0 Å². The SMILES string of the molecule is CCC/C=C(/S/C(=C/CCC)[Si](C)(C)C)[Si](C)(C)C. The summed E-state index contributed by atoms with van der Waals surface area (Å²) in [6.45, 7) is 19.4. The fourth-order valence-electron chi connectivity index (χ4n) is 1.67. The molecule has 0 heterocycles. The third-order valence-electron chi connectivity index (χ3n) is 2.94. The monoisotopic (exact) mass is 314 g/mol. The Morgan fingerprint density at radius 2 is 1.05 bits per heavy atom. The zero-order valence-corrected chi connectivity index (χ0v) is 17.2. The van der Waals surface area contributed by atoms with Crippen molar-refractivity contribution in [1.82, 2.24) is 0 Å². The lowest BCUT2D eigenvalue weighted by atomic mass is 10.3. The van der Waals surface area contributed by atoms with Gasteiger partial charge in [0.25, 0.3) is 0 Å². The van der Waals surface area contributed by atoms with Gasteiger partial charge in [0.1, 0.15) is 0 Å². The first kappa shape index (κ1) is 19.3.